The summed E-state index contributed by atoms with van der Waals surface area (Å²) in [6, 6.07) is 12.2. The minimum atomic E-state index is -0.258. The molecule has 134 valence electrons. The van der Waals surface area contributed by atoms with Crippen LogP contribution in [0.5, 0.6) is 11.5 Å². The highest BCUT2D eigenvalue weighted by Gasteiger charge is 2.07. The SMILES string of the molecule is CCOCCOc1ccc(NC(=O)COc2ccc(Cl)cc2Br)cc1. The zero-order chi connectivity index (χ0) is 18.1. The lowest BCUT2D eigenvalue weighted by molar-refractivity contribution is -0.118. The van der Waals surface area contributed by atoms with E-state index >= 15 is 0 Å². The summed E-state index contributed by atoms with van der Waals surface area (Å²) in [5.74, 6) is 1.02. The monoisotopic (exact) mass is 427 g/mol. The fourth-order valence-electron chi connectivity index (χ4n) is 1.93. The van der Waals surface area contributed by atoms with Gasteiger partial charge in [-0.15, -0.1) is 0 Å². The van der Waals surface area contributed by atoms with E-state index in [1.165, 1.54) is 0 Å². The lowest BCUT2D eigenvalue weighted by atomic mass is 10.3. The Labute approximate surface area is 160 Å². The summed E-state index contributed by atoms with van der Waals surface area (Å²) < 4.78 is 16.9. The quantitative estimate of drug-likeness (QED) is 0.596. The first-order valence-electron chi connectivity index (χ1n) is 7.77. The van der Waals surface area contributed by atoms with Gasteiger partial charge in [-0.1, -0.05) is 11.6 Å². The highest BCUT2D eigenvalue weighted by atomic mass is 79.9. The zero-order valence-electron chi connectivity index (χ0n) is 13.8. The van der Waals surface area contributed by atoms with Crippen LogP contribution in [0, 0.1) is 0 Å². The molecule has 0 spiro atoms. The van der Waals surface area contributed by atoms with Crippen LogP contribution in [0.4, 0.5) is 5.69 Å². The van der Waals surface area contributed by atoms with Gasteiger partial charge in [0.2, 0.25) is 0 Å². The Kier molecular flexibility index (Phi) is 8.04. The first-order valence-corrected chi connectivity index (χ1v) is 8.94. The van der Waals surface area contributed by atoms with Crippen molar-refractivity contribution in [2.45, 2.75) is 6.92 Å². The van der Waals surface area contributed by atoms with E-state index in [-0.39, 0.29) is 12.5 Å². The largest absolute Gasteiger partial charge is 0.491 e. The number of carbonyl (C=O) groups is 1. The first-order chi connectivity index (χ1) is 12.1. The molecule has 0 fully saturated rings. The second kappa shape index (κ2) is 10.3. The molecule has 0 saturated heterocycles. The average molecular weight is 429 g/mol. The van der Waals surface area contributed by atoms with E-state index in [0.29, 0.717) is 40.8 Å². The van der Waals surface area contributed by atoms with Crippen LogP contribution in [0.3, 0.4) is 0 Å². The van der Waals surface area contributed by atoms with Crippen molar-refractivity contribution >= 4 is 39.1 Å². The molecule has 2 aromatic rings. The molecule has 7 heteroatoms. The van der Waals surface area contributed by atoms with Crippen LogP contribution in [0.25, 0.3) is 0 Å². The lowest BCUT2D eigenvalue weighted by Crippen LogP contribution is -2.20. The van der Waals surface area contributed by atoms with Crippen LogP contribution in [-0.2, 0) is 9.53 Å². The minimum Gasteiger partial charge on any atom is -0.491 e. The molecule has 0 heterocycles. The van der Waals surface area contributed by atoms with E-state index in [2.05, 4.69) is 21.2 Å². The topological polar surface area (TPSA) is 56.8 Å². The van der Waals surface area contributed by atoms with Gasteiger partial charge in [0.25, 0.3) is 5.91 Å². The van der Waals surface area contributed by atoms with Crippen molar-refractivity contribution in [1.29, 1.82) is 0 Å². The summed E-state index contributed by atoms with van der Waals surface area (Å²) in [5.41, 5.74) is 0.668. The first kappa shape index (κ1) is 19.6. The van der Waals surface area contributed by atoms with Crippen LogP contribution in [0.15, 0.2) is 46.9 Å². The van der Waals surface area contributed by atoms with Crippen LogP contribution in [0.2, 0.25) is 5.02 Å². The second-order valence-electron chi connectivity index (χ2n) is 4.98. The van der Waals surface area contributed by atoms with Gasteiger partial charge in [0.1, 0.15) is 18.1 Å². The summed E-state index contributed by atoms with van der Waals surface area (Å²) in [6.07, 6.45) is 0. The molecular formula is C18H19BrClNO4. The van der Waals surface area contributed by atoms with Gasteiger partial charge in [0.15, 0.2) is 6.61 Å². The van der Waals surface area contributed by atoms with Crippen molar-refractivity contribution in [2.75, 3.05) is 31.7 Å². The van der Waals surface area contributed by atoms with Crippen molar-refractivity contribution in [2.24, 2.45) is 0 Å². The number of hydrogen-bond acceptors (Lipinski definition) is 4. The van der Waals surface area contributed by atoms with E-state index in [4.69, 9.17) is 25.8 Å². The van der Waals surface area contributed by atoms with Crippen molar-refractivity contribution in [3.05, 3.63) is 52.0 Å². The normalized spacial score (nSPS) is 10.4. The molecule has 2 aromatic carbocycles. The smallest absolute Gasteiger partial charge is 0.262 e. The molecular weight excluding hydrogens is 410 g/mol. The maximum absolute atomic E-state index is 12.0. The Bertz CT molecular complexity index is 694. The summed E-state index contributed by atoms with van der Waals surface area (Å²) in [6.45, 7) is 3.54. The number of amides is 1. The maximum atomic E-state index is 12.0. The van der Waals surface area contributed by atoms with Crippen LogP contribution < -0.4 is 14.8 Å². The van der Waals surface area contributed by atoms with Gasteiger partial charge in [0.05, 0.1) is 11.1 Å². The molecule has 2 rings (SSSR count). The summed E-state index contributed by atoms with van der Waals surface area (Å²) in [5, 5.41) is 3.35. The Hall–Kier alpha value is -1.76. The van der Waals surface area contributed by atoms with Crippen molar-refractivity contribution < 1.29 is 19.0 Å². The summed E-state index contributed by atoms with van der Waals surface area (Å²) in [4.78, 5) is 12.0. The molecule has 0 aromatic heterocycles. The number of anilines is 1. The predicted octanol–water partition coefficient (Wildman–Crippen LogP) is 4.54. The van der Waals surface area contributed by atoms with Gasteiger partial charge in [-0.05, 0) is 65.3 Å². The number of ether oxygens (including phenoxy) is 3. The minimum absolute atomic E-state index is 0.104. The maximum Gasteiger partial charge on any atom is 0.262 e. The third-order valence-electron chi connectivity index (χ3n) is 3.09. The molecule has 0 aliphatic heterocycles. The summed E-state index contributed by atoms with van der Waals surface area (Å²) in [7, 11) is 0. The van der Waals surface area contributed by atoms with Gasteiger partial charge in [-0.25, -0.2) is 0 Å². The van der Waals surface area contributed by atoms with Crippen LogP contribution >= 0.6 is 27.5 Å². The predicted molar refractivity (Wildman–Crippen MR) is 102 cm³/mol. The molecule has 0 saturated carbocycles. The highest BCUT2D eigenvalue weighted by molar-refractivity contribution is 9.10. The molecule has 0 aliphatic rings. The van der Waals surface area contributed by atoms with E-state index in [9.17, 15) is 4.79 Å². The zero-order valence-corrected chi connectivity index (χ0v) is 16.1. The standard InChI is InChI=1S/C18H19BrClNO4/c1-2-23-9-10-24-15-6-4-14(5-7-15)21-18(22)12-25-17-8-3-13(20)11-16(17)19/h3-8,11H,2,9-10,12H2,1H3,(H,21,22). The Balaban J connectivity index is 1.78. The Morgan fingerprint density at radius 1 is 1.12 bits per heavy atom. The van der Waals surface area contributed by atoms with Crippen molar-refractivity contribution in [1.82, 2.24) is 0 Å². The highest BCUT2D eigenvalue weighted by Crippen LogP contribution is 2.27. The lowest BCUT2D eigenvalue weighted by Gasteiger charge is -2.10. The van der Waals surface area contributed by atoms with Gasteiger partial charge in [-0.3, -0.25) is 4.79 Å². The van der Waals surface area contributed by atoms with Gasteiger partial charge < -0.3 is 19.5 Å². The molecule has 0 aliphatic carbocycles. The van der Waals surface area contributed by atoms with E-state index < -0.39 is 0 Å². The fourth-order valence-corrected chi connectivity index (χ4v) is 2.73. The molecule has 0 unspecified atom stereocenters. The van der Waals surface area contributed by atoms with Gasteiger partial charge >= 0.3 is 0 Å². The number of rotatable bonds is 9. The van der Waals surface area contributed by atoms with Crippen LogP contribution in [0.1, 0.15) is 6.92 Å². The van der Waals surface area contributed by atoms with Gasteiger partial charge in [-0.2, -0.15) is 0 Å². The molecule has 1 N–H and O–H groups in total. The number of hydrogen-bond donors (Lipinski definition) is 1. The second-order valence-corrected chi connectivity index (χ2v) is 6.27. The molecule has 0 bridgehead atoms. The number of nitrogens with one attached hydrogen (secondary N) is 1. The Morgan fingerprint density at radius 3 is 2.56 bits per heavy atom. The van der Waals surface area contributed by atoms with Crippen molar-refractivity contribution in [3.8, 4) is 11.5 Å². The van der Waals surface area contributed by atoms with E-state index in [0.717, 1.165) is 5.75 Å². The number of carbonyl (C=O) groups excluding carboxylic acids is 1. The third-order valence-corrected chi connectivity index (χ3v) is 3.95. The van der Waals surface area contributed by atoms with E-state index in [1.807, 2.05) is 6.92 Å². The molecule has 1 amide bonds. The fraction of sp³-hybridized carbons (Fsp3) is 0.278. The summed E-state index contributed by atoms with van der Waals surface area (Å²) >= 11 is 9.20. The molecule has 0 atom stereocenters. The van der Waals surface area contributed by atoms with Crippen LogP contribution in [-0.4, -0.2) is 32.3 Å². The van der Waals surface area contributed by atoms with Gasteiger partial charge in [0, 0.05) is 17.3 Å². The molecule has 0 radical (unpaired) electrons. The molecule has 5 nitrogen and oxygen atoms in total. The number of benzene rings is 2. The molecule has 25 heavy (non-hydrogen) atoms. The Morgan fingerprint density at radius 2 is 1.88 bits per heavy atom. The average Bonchev–Trinajstić information content (AvgIpc) is 2.59. The van der Waals surface area contributed by atoms with Crippen molar-refractivity contribution in [3.63, 3.8) is 0 Å². The third kappa shape index (κ3) is 6.94. The van der Waals surface area contributed by atoms with E-state index in [1.54, 1.807) is 42.5 Å². The number of halogens is 2.